The van der Waals surface area contributed by atoms with Crippen molar-refractivity contribution < 1.29 is 0 Å². The van der Waals surface area contributed by atoms with Gasteiger partial charge in [0.25, 0.3) is 0 Å². The second-order valence-corrected chi connectivity index (χ2v) is 12.6. The lowest BCUT2D eigenvalue weighted by Crippen LogP contribution is -2.21. The van der Waals surface area contributed by atoms with E-state index in [1.165, 1.54) is 49.6 Å². The van der Waals surface area contributed by atoms with Crippen LogP contribution in [0.5, 0.6) is 0 Å². The summed E-state index contributed by atoms with van der Waals surface area (Å²) in [6.45, 7) is 8.90. The normalized spacial score (nSPS) is 11.9. The van der Waals surface area contributed by atoms with Crippen molar-refractivity contribution in [3.63, 3.8) is 0 Å². The summed E-state index contributed by atoms with van der Waals surface area (Å²) in [4.78, 5) is 2.38. The summed E-state index contributed by atoms with van der Waals surface area (Å²) in [5.74, 6) is 0. The number of hydrogen-bond donors (Lipinski definition) is 0. The van der Waals surface area contributed by atoms with E-state index in [0.29, 0.717) is 0 Å². The molecule has 0 spiro atoms. The van der Waals surface area contributed by atoms with Crippen LogP contribution in [0.4, 0.5) is 17.1 Å². The van der Waals surface area contributed by atoms with Gasteiger partial charge in [0.2, 0.25) is 0 Å². The molecule has 0 bridgehead atoms. The lowest BCUT2D eigenvalue weighted by Gasteiger charge is -2.28. The fraction of sp³-hybridized carbons (Fsp3) is 0.116. The van der Waals surface area contributed by atoms with E-state index in [0.717, 1.165) is 17.1 Å². The molecule has 2 nitrogen and oxygen atoms in total. The summed E-state index contributed by atoms with van der Waals surface area (Å²) < 4.78 is 2.47. The number of hydrogen-bond acceptors (Lipinski definition) is 1. The fourth-order valence-electron chi connectivity index (χ4n) is 6.56. The molecule has 7 aromatic rings. The molecular formula is C43H38N2. The number of rotatable bonds is 6. The van der Waals surface area contributed by atoms with E-state index in [-0.39, 0.29) is 5.54 Å². The van der Waals surface area contributed by atoms with E-state index in [1.54, 1.807) is 0 Å². The number of allylic oxidation sites excluding steroid dienone is 1. The first-order valence-electron chi connectivity index (χ1n) is 15.7. The van der Waals surface area contributed by atoms with Crippen molar-refractivity contribution in [3.05, 3.63) is 157 Å². The van der Waals surface area contributed by atoms with Crippen molar-refractivity contribution in [2.24, 2.45) is 0 Å². The molecule has 0 radical (unpaired) electrons. The van der Waals surface area contributed by atoms with Crippen LogP contribution in [-0.4, -0.2) is 4.57 Å². The summed E-state index contributed by atoms with van der Waals surface area (Å²) in [6.07, 6.45) is 4.22. The summed E-state index contributed by atoms with van der Waals surface area (Å²) in [6, 6.07) is 52.8. The molecular weight excluding hydrogens is 544 g/mol. The molecule has 0 N–H and O–H groups in total. The van der Waals surface area contributed by atoms with Crippen molar-refractivity contribution in [2.45, 2.75) is 33.2 Å². The molecule has 6 aromatic carbocycles. The Morgan fingerprint density at radius 1 is 0.533 bits per heavy atom. The number of aromatic nitrogens is 1. The van der Waals surface area contributed by atoms with Gasteiger partial charge < -0.3 is 9.47 Å². The highest BCUT2D eigenvalue weighted by Gasteiger charge is 2.22. The van der Waals surface area contributed by atoms with Crippen LogP contribution in [-0.2, 0) is 5.54 Å². The maximum absolute atomic E-state index is 2.47. The quantitative estimate of drug-likeness (QED) is 0.189. The molecule has 0 saturated heterocycles. The van der Waals surface area contributed by atoms with E-state index in [2.05, 4.69) is 195 Å². The maximum Gasteiger partial charge on any atom is 0.0540 e. The molecule has 0 aliphatic carbocycles. The molecule has 0 amide bonds. The van der Waals surface area contributed by atoms with Gasteiger partial charge in [-0.05, 0) is 98.5 Å². The van der Waals surface area contributed by atoms with Gasteiger partial charge in [-0.3, -0.25) is 0 Å². The Kier molecular flexibility index (Phi) is 7.35. The molecule has 45 heavy (non-hydrogen) atoms. The van der Waals surface area contributed by atoms with Crippen molar-refractivity contribution in [1.29, 1.82) is 0 Å². The van der Waals surface area contributed by atoms with Gasteiger partial charge in [0.05, 0.1) is 5.69 Å². The van der Waals surface area contributed by atoms with Crippen LogP contribution in [0.2, 0.25) is 0 Å². The molecule has 220 valence electrons. The summed E-state index contributed by atoms with van der Waals surface area (Å²) >= 11 is 0. The molecule has 0 unspecified atom stereocenters. The van der Waals surface area contributed by atoms with E-state index < -0.39 is 0 Å². The van der Waals surface area contributed by atoms with Gasteiger partial charge in [0, 0.05) is 44.3 Å². The van der Waals surface area contributed by atoms with Crippen molar-refractivity contribution in [3.8, 4) is 22.3 Å². The molecule has 2 heteroatoms. The molecule has 0 saturated carbocycles. The van der Waals surface area contributed by atoms with E-state index in [4.69, 9.17) is 0 Å². The first-order chi connectivity index (χ1) is 21.9. The Balaban J connectivity index is 1.40. The Morgan fingerprint density at radius 2 is 1.11 bits per heavy atom. The SMILES string of the molecule is C/C=C/c1ccc(N(c2ccc(-c3ccccc3)cc2)c2ccccc2-c2ccc3c(c2)c2ccccc2n3C(C)(C)C)cc1. The minimum Gasteiger partial charge on any atom is -0.335 e. The average molecular weight is 583 g/mol. The number of fused-ring (bicyclic) bond motifs is 3. The van der Waals surface area contributed by atoms with Gasteiger partial charge in [0.15, 0.2) is 0 Å². The molecule has 0 fully saturated rings. The highest BCUT2D eigenvalue weighted by Crippen LogP contribution is 2.43. The van der Waals surface area contributed by atoms with Gasteiger partial charge in [-0.2, -0.15) is 0 Å². The second-order valence-electron chi connectivity index (χ2n) is 12.6. The monoisotopic (exact) mass is 582 g/mol. The minimum atomic E-state index is -0.0391. The van der Waals surface area contributed by atoms with Gasteiger partial charge in [0.1, 0.15) is 0 Å². The van der Waals surface area contributed by atoms with Crippen LogP contribution < -0.4 is 4.90 Å². The summed E-state index contributed by atoms with van der Waals surface area (Å²) in [7, 11) is 0. The Bertz CT molecular complexity index is 2120. The molecule has 0 aliphatic rings. The summed E-state index contributed by atoms with van der Waals surface area (Å²) in [5.41, 5.74) is 11.9. The average Bonchev–Trinajstić information content (AvgIpc) is 3.41. The largest absolute Gasteiger partial charge is 0.335 e. The highest BCUT2D eigenvalue weighted by atomic mass is 15.1. The standard InChI is InChI=1S/C43H38N2/c1-5-13-31-20-25-35(26-21-31)44(36-27-22-33(23-28-36)32-14-7-6-8-15-32)40-18-11-9-16-37(40)34-24-29-42-39(30-34)38-17-10-12-19-41(38)45(42)43(2,3)4/h5-30H,1-4H3/b13-5+. The van der Waals surface area contributed by atoms with Crippen molar-refractivity contribution in [1.82, 2.24) is 4.57 Å². The van der Waals surface area contributed by atoms with E-state index in [1.807, 2.05) is 0 Å². The number of para-hydroxylation sites is 2. The Morgan fingerprint density at radius 3 is 1.82 bits per heavy atom. The van der Waals surface area contributed by atoms with Crippen LogP contribution in [0, 0.1) is 0 Å². The topological polar surface area (TPSA) is 8.17 Å². The number of anilines is 3. The Labute approximate surface area is 266 Å². The van der Waals surface area contributed by atoms with Gasteiger partial charge in [-0.25, -0.2) is 0 Å². The zero-order valence-electron chi connectivity index (χ0n) is 26.4. The van der Waals surface area contributed by atoms with Crippen molar-refractivity contribution in [2.75, 3.05) is 4.90 Å². The smallest absolute Gasteiger partial charge is 0.0540 e. The maximum atomic E-state index is 2.47. The van der Waals surface area contributed by atoms with Gasteiger partial charge >= 0.3 is 0 Å². The molecule has 0 aliphatic heterocycles. The lowest BCUT2D eigenvalue weighted by molar-refractivity contribution is 0.423. The second kappa shape index (κ2) is 11.6. The van der Waals surface area contributed by atoms with Crippen LogP contribution in [0.25, 0.3) is 50.1 Å². The first-order valence-corrected chi connectivity index (χ1v) is 15.7. The van der Waals surface area contributed by atoms with Crippen LogP contribution in [0.1, 0.15) is 33.3 Å². The first kappa shape index (κ1) is 28.4. The minimum absolute atomic E-state index is 0.0391. The molecule has 7 rings (SSSR count). The van der Waals surface area contributed by atoms with Crippen LogP contribution >= 0.6 is 0 Å². The zero-order chi connectivity index (χ0) is 31.0. The third kappa shape index (κ3) is 5.34. The third-order valence-corrected chi connectivity index (χ3v) is 8.54. The van der Waals surface area contributed by atoms with Crippen LogP contribution in [0.3, 0.4) is 0 Å². The predicted octanol–water partition coefficient (Wildman–Crippen LogP) is 12.4. The Hall–Kier alpha value is -5.34. The molecule has 1 heterocycles. The van der Waals surface area contributed by atoms with E-state index in [9.17, 15) is 0 Å². The van der Waals surface area contributed by atoms with Crippen molar-refractivity contribution >= 4 is 44.9 Å². The van der Waals surface area contributed by atoms with Crippen LogP contribution in [0.15, 0.2) is 152 Å². The molecule has 0 atom stereocenters. The summed E-state index contributed by atoms with van der Waals surface area (Å²) in [5, 5.41) is 2.57. The highest BCUT2D eigenvalue weighted by molar-refractivity contribution is 6.10. The van der Waals surface area contributed by atoms with Gasteiger partial charge in [-0.1, -0.05) is 109 Å². The van der Waals surface area contributed by atoms with E-state index >= 15 is 0 Å². The fourth-order valence-corrected chi connectivity index (χ4v) is 6.56. The number of benzene rings is 6. The zero-order valence-corrected chi connectivity index (χ0v) is 26.4. The van der Waals surface area contributed by atoms with Gasteiger partial charge in [-0.15, -0.1) is 0 Å². The lowest BCUT2D eigenvalue weighted by atomic mass is 9.99. The predicted molar refractivity (Wildman–Crippen MR) is 195 cm³/mol. The number of nitrogens with zero attached hydrogens (tertiary/aromatic N) is 2. The molecule has 1 aromatic heterocycles. The third-order valence-electron chi connectivity index (χ3n) is 8.54.